The molecule has 134 heavy (non-hydrogen) atoms. The number of hydrogen-bond donors (Lipinski definition) is 4. The molecule has 34 heteroatoms. The number of rotatable bonds is 75. The number of carbonyl (C=O) groups excluding carboxylic acids is 6. The van der Waals surface area contributed by atoms with Crippen molar-refractivity contribution in [3.63, 3.8) is 0 Å². The zero-order valence-electron chi connectivity index (χ0n) is 84.3. The summed E-state index contributed by atoms with van der Waals surface area (Å²) in [5.74, 6) is -10.1. The van der Waals surface area contributed by atoms with Gasteiger partial charge in [0, 0.05) is 76.9 Å². The minimum atomic E-state index is -5.56. The predicted octanol–water partition coefficient (Wildman–Crippen LogP) is 18.9. The number of allylic oxidation sites excluding steroid dienone is 3. The summed E-state index contributed by atoms with van der Waals surface area (Å²) in [7, 11) is -32.7. The zero-order valence-corrected chi connectivity index (χ0v) is 89.2. The molecular formula is C100H172N6O22S6. The van der Waals surface area contributed by atoms with Crippen molar-refractivity contribution in [3.05, 3.63) is 72.9 Å². The molecule has 770 valence electrons. The maximum absolute atomic E-state index is 14.8. The number of Topliss-reactive ketones (excluding diaryl/α,β-unsaturated/α-hetero) is 6. The highest BCUT2D eigenvalue weighted by Gasteiger charge is 2.38. The van der Waals surface area contributed by atoms with E-state index in [1.807, 2.05) is 14.2 Å². The first-order chi connectivity index (χ1) is 62.9. The average Bonchev–Trinajstić information content (AvgIpc) is 0.702. The van der Waals surface area contributed by atoms with Gasteiger partial charge in [-0.15, -0.1) is 0 Å². The highest BCUT2D eigenvalue weighted by molar-refractivity contribution is 7.91. The van der Waals surface area contributed by atoms with Gasteiger partial charge < -0.3 is 32.2 Å². The predicted molar refractivity (Wildman–Crippen MR) is 540 cm³/mol. The minimum Gasteiger partial charge on any atom is -0.748 e. The summed E-state index contributed by atoms with van der Waals surface area (Å²) in [6, 6.07) is -2.10. The fourth-order valence-corrected chi connectivity index (χ4v) is 23.6. The number of carbonyl (C=O) groups is 6. The molecule has 0 saturated heterocycles. The summed E-state index contributed by atoms with van der Waals surface area (Å²) >= 11 is 0. The van der Waals surface area contributed by atoms with Gasteiger partial charge >= 0.3 is 0 Å². The number of hydrogen-bond acceptors (Lipinski definition) is 22. The van der Waals surface area contributed by atoms with Crippen LogP contribution in [0.15, 0.2) is 87.5 Å². The molecular weight excluding hydrogens is 1830 g/mol. The molecule has 4 aromatic rings. The van der Waals surface area contributed by atoms with Crippen molar-refractivity contribution in [3.8, 4) is 5.75 Å². The summed E-state index contributed by atoms with van der Waals surface area (Å²) in [4.78, 5) is 73.5. The number of sulfonamides is 3. The molecule has 0 fully saturated rings. The minimum absolute atomic E-state index is 0.00107. The molecule has 0 bridgehead atoms. The smallest absolute Gasteiger partial charge is 0.242 e. The number of nitrogens with one attached hydrogen (secondary N) is 3. The van der Waals surface area contributed by atoms with Crippen LogP contribution in [0, 0.1) is 0 Å². The lowest BCUT2D eigenvalue weighted by Gasteiger charge is -2.39. The molecule has 0 aliphatic carbocycles. The Hall–Kier alpha value is -5.70. The van der Waals surface area contributed by atoms with Gasteiger partial charge in [0.15, 0.2) is 34.7 Å². The third kappa shape index (κ3) is 47.5. The lowest BCUT2D eigenvalue weighted by molar-refractivity contribution is -0.929. The largest absolute Gasteiger partial charge is 0.748 e. The first kappa shape index (κ1) is 126. The number of unbranched alkanes of at least 4 members (excludes halogenated alkanes) is 18. The van der Waals surface area contributed by atoms with Crippen LogP contribution in [0.1, 0.15) is 354 Å². The zero-order chi connectivity index (χ0) is 102. The quantitative estimate of drug-likeness (QED) is 0.0105. The lowest BCUT2D eigenvalue weighted by Crippen LogP contribution is -2.50. The molecule has 4 N–H and O–H groups in total. The number of ketones is 6. The van der Waals surface area contributed by atoms with Crippen LogP contribution in [0.5, 0.6) is 5.75 Å². The van der Waals surface area contributed by atoms with E-state index in [2.05, 4.69) is 103 Å². The van der Waals surface area contributed by atoms with E-state index in [-0.39, 0.29) is 117 Å². The second-order valence-corrected chi connectivity index (χ2v) is 46.6. The van der Waals surface area contributed by atoms with Crippen molar-refractivity contribution in [2.24, 2.45) is 0 Å². The Bertz CT molecular complexity index is 4680. The number of phenols is 1. The van der Waals surface area contributed by atoms with E-state index < -0.39 is 180 Å². The molecule has 0 aliphatic rings. The van der Waals surface area contributed by atoms with Crippen molar-refractivity contribution in [2.75, 3.05) is 95.8 Å². The number of quaternary nitrogens is 3. The van der Waals surface area contributed by atoms with Crippen LogP contribution in [0.2, 0.25) is 0 Å². The van der Waals surface area contributed by atoms with Gasteiger partial charge in [-0.25, -0.2) is 50.5 Å². The van der Waals surface area contributed by atoms with Crippen molar-refractivity contribution >= 4 is 127 Å². The molecule has 4 rings (SSSR count). The van der Waals surface area contributed by atoms with E-state index in [0.29, 0.717) is 12.1 Å². The fourth-order valence-electron chi connectivity index (χ4n) is 16.9. The molecule has 0 amide bonds. The van der Waals surface area contributed by atoms with Gasteiger partial charge in [0.05, 0.1) is 159 Å². The Morgan fingerprint density at radius 3 is 0.657 bits per heavy atom. The summed E-state index contributed by atoms with van der Waals surface area (Å²) in [6.45, 7) is 60.1. The maximum atomic E-state index is 14.8. The Balaban J connectivity index is 0.00000140. The van der Waals surface area contributed by atoms with Gasteiger partial charge in [0.25, 0.3) is 0 Å². The molecule has 4 aromatic carbocycles. The third-order valence-electron chi connectivity index (χ3n) is 25.0. The van der Waals surface area contributed by atoms with Gasteiger partial charge in [-0.2, -0.15) is 14.2 Å². The second-order valence-electron chi connectivity index (χ2n) is 37.2. The number of phenolic OH excluding ortho intramolecular Hbond substituents is 1. The van der Waals surface area contributed by atoms with Crippen LogP contribution in [0.25, 0.3) is 32.3 Å². The summed E-state index contributed by atoms with van der Waals surface area (Å²) < 4.78 is 207. The monoisotopic (exact) mass is 2000 g/mol. The number of aromatic hydroxyl groups is 1. The van der Waals surface area contributed by atoms with E-state index in [0.717, 1.165) is 24.3 Å². The van der Waals surface area contributed by atoms with E-state index in [4.69, 9.17) is 0 Å². The third-order valence-corrected chi connectivity index (χ3v) is 31.8. The standard InChI is InChI=1S/C52H67N3O22S6.3C16H36N/c1-31(2)41(56)16-10-7-13-19-44(59)38(28-78(63,64)65)53-81(72,73)48-26-47(62)34-22-23-36-49(82(74,75)54-39(29-79(66,67)68)45(60)20-14-8-11-17-42(57)32(3)4)27-50(37-25-24-35(48)51(34)52(36)37)83(76,77)55-40(30-80(69,70)71)46(61)21-15-9-12-18-43(58)33(5)6;3*1-5-9-13-17(14-10-6-2,15-11-7-3)16-12-8-4/h22-27,38-40,53-55,62H,1,3,5,7-21,28-30H2,2,4,6H3,(H,63,64,65)(H,66,67,68)(H,69,70,71);3*5-16H2,1-4H3/q;3*+1/p-3. The Morgan fingerprint density at radius 2 is 0.470 bits per heavy atom. The Labute approximate surface area is 809 Å². The van der Waals surface area contributed by atoms with Crippen molar-refractivity contribution in [1.29, 1.82) is 0 Å². The van der Waals surface area contributed by atoms with Crippen LogP contribution in [-0.4, -0.2) is 231 Å². The van der Waals surface area contributed by atoms with Crippen LogP contribution in [-0.2, 0) is 89.2 Å². The van der Waals surface area contributed by atoms with Gasteiger partial charge in [0.2, 0.25) is 30.1 Å². The highest BCUT2D eigenvalue weighted by Crippen LogP contribution is 2.45. The summed E-state index contributed by atoms with van der Waals surface area (Å²) in [5, 5.41) is 8.47. The van der Waals surface area contributed by atoms with E-state index >= 15 is 0 Å². The molecule has 28 nitrogen and oxygen atoms in total. The maximum Gasteiger partial charge on any atom is 0.242 e. The SMILES string of the molecule is C=C(C)C(=O)CCCCCC(=O)C(CS(=O)(=O)[O-])NS(=O)(=O)c1cc(O)c2ccc3c(S(=O)(=O)NC(CS(=O)(=O)[O-])C(=O)CCCCCC(=O)C(=C)C)cc(S(=O)(=O)NC(CS(=O)(=O)[O-])C(=O)CCCCCC(=O)C(=C)C)c4ccc1c2c34.CCCC[N+](CCCC)(CCCC)CCCC.CCCC[N+](CCCC)(CCCC)CCCC.CCCC[N+](CCCC)(CCCC)CCCC. The highest BCUT2D eigenvalue weighted by atomic mass is 32.2. The molecule has 0 aromatic heterocycles. The first-order valence-corrected chi connectivity index (χ1v) is 59.1. The van der Waals surface area contributed by atoms with Crippen LogP contribution in [0.3, 0.4) is 0 Å². The van der Waals surface area contributed by atoms with Gasteiger partial charge in [-0.3, -0.25) is 28.8 Å². The molecule has 0 saturated carbocycles. The summed E-state index contributed by atoms with van der Waals surface area (Å²) in [5.41, 5.74) is 0.803. The molecule has 0 radical (unpaired) electrons. The van der Waals surface area contributed by atoms with Crippen molar-refractivity contribution < 1.29 is 111 Å². The summed E-state index contributed by atoms with van der Waals surface area (Å²) in [6.07, 6.45) is 32.9. The topological polar surface area (TPSA) is 433 Å². The fraction of sp³-hybridized carbons (Fsp3) is 0.720. The van der Waals surface area contributed by atoms with Crippen molar-refractivity contribution in [1.82, 2.24) is 14.2 Å². The molecule has 0 aliphatic heterocycles. The van der Waals surface area contributed by atoms with Gasteiger partial charge in [-0.05, 0) is 165 Å². The van der Waals surface area contributed by atoms with Gasteiger partial charge in [-0.1, -0.05) is 217 Å². The molecule has 0 heterocycles. The average molecular weight is 2000 g/mol. The number of benzene rings is 4. The Morgan fingerprint density at radius 1 is 0.291 bits per heavy atom. The van der Waals surface area contributed by atoms with Crippen LogP contribution >= 0.6 is 0 Å². The Kier molecular flexibility index (Phi) is 60.9. The van der Waals surface area contributed by atoms with Crippen molar-refractivity contribution in [2.45, 2.75) is 387 Å². The van der Waals surface area contributed by atoms with Crippen LogP contribution < -0.4 is 14.2 Å². The van der Waals surface area contributed by atoms with Crippen LogP contribution in [0.4, 0.5) is 0 Å². The van der Waals surface area contributed by atoms with E-state index in [1.54, 1.807) is 0 Å². The van der Waals surface area contributed by atoms with E-state index in [1.165, 1.54) is 267 Å². The molecule has 3 unspecified atom stereocenters. The number of nitrogens with zero attached hydrogens (tertiary/aromatic N) is 3. The molecule has 3 atom stereocenters. The van der Waals surface area contributed by atoms with Gasteiger partial charge in [0.1, 0.15) is 5.75 Å². The lowest BCUT2D eigenvalue weighted by atomic mass is 9.94. The first-order valence-electron chi connectivity index (χ1n) is 49.9. The second kappa shape index (κ2) is 64.6. The molecule has 0 spiro atoms. The normalized spacial score (nSPS) is 13.2. The van der Waals surface area contributed by atoms with E-state index in [9.17, 15) is 98.0 Å².